The molecule has 0 radical (unpaired) electrons. The van der Waals surface area contributed by atoms with E-state index in [2.05, 4.69) is 87.2 Å². The molecule has 0 bridgehead atoms. The first-order valence-electron chi connectivity index (χ1n) is 7.29. The SMILES string of the molecule is CCC(O[Si](C)(C)C)(c1ccccc1)c1ccccc1. The van der Waals surface area contributed by atoms with Gasteiger partial charge in [0.05, 0.1) is 0 Å². The molecule has 20 heavy (non-hydrogen) atoms. The van der Waals surface area contributed by atoms with Crippen LogP contribution in [0, 0.1) is 0 Å². The van der Waals surface area contributed by atoms with Crippen LogP contribution in [0.15, 0.2) is 60.7 Å². The molecule has 2 rings (SSSR count). The molecule has 0 aliphatic heterocycles. The summed E-state index contributed by atoms with van der Waals surface area (Å²) in [6.07, 6.45) is 0.936. The van der Waals surface area contributed by atoms with E-state index in [-0.39, 0.29) is 5.60 Å². The Hall–Kier alpha value is -1.38. The Morgan fingerprint density at radius 3 is 1.50 bits per heavy atom. The summed E-state index contributed by atoms with van der Waals surface area (Å²) in [6.45, 7) is 8.97. The third kappa shape index (κ3) is 3.19. The Balaban J connectivity index is 2.58. The smallest absolute Gasteiger partial charge is 0.185 e. The van der Waals surface area contributed by atoms with E-state index in [4.69, 9.17) is 4.43 Å². The van der Waals surface area contributed by atoms with Crippen LogP contribution in [0.1, 0.15) is 24.5 Å². The van der Waals surface area contributed by atoms with E-state index in [1.54, 1.807) is 0 Å². The van der Waals surface area contributed by atoms with E-state index in [0.29, 0.717) is 0 Å². The summed E-state index contributed by atoms with van der Waals surface area (Å²) in [7, 11) is -1.68. The fraction of sp³-hybridized carbons (Fsp3) is 0.333. The van der Waals surface area contributed by atoms with Crippen LogP contribution in [-0.2, 0) is 10.0 Å². The fourth-order valence-electron chi connectivity index (χ4n) is 2.70. The minimum Gasteiger partial charge on any atom is -0.404 e. The minimum absolute atomic E-state index is 0.326. The van der Waals surface area contributed by atoms with Crippen LogP contribution in [0.2, 0.25) is 19.6 Å². The van der Waals surface area contributed by atoms with Gasteiger partial charge in [0, 0.05) is 0 Å². The summed E-state index contributed by atoms with van der Waals surface area (Å²) in [5.41, 5.74) is 2.17. The summed E-state index contributed by atoms with van der Waals surface area (Å²) >= 11 is 0. The van der Waals surface area contributed by atoms with Gasteiger partial charge in [-0.2, -0.15) is 0 Å². The topological polar surface area (TPSA) is 9.23 Å². The average Bonchev–Trinajstić information content (AvgIpc) is 2.46. The quantitative estimate of drug-likeness (QED) is 0.686. The maximum Gasteiger partial charge on any atom is 0.185 e. The Labute approximate surface area is 123 Å². The van der Waals surface area contributed by atoms with Gasteiger partial charge >= 0.3 is 0 Å². The summed E-state index contributed by atoms with van der Waals surface area (Å²) in [5, 5.41) is 0. The number of rotatable bonds is 5. The van der Waals surface area contributed by atoms with Gasteiger partial charge in [0.25, 0.3) is 0 Å². The first kappa shape index (κ1) is 15.0. The molecule has 0 aromatic heterocycles. The highest BCUT2D eigenvalue weighted by Crippen LogP contribution is 2.39. The molecule has 2 heteroatoms. The van der Waals surface area contributed by atoms with Gasteiger partial charge in [-0.1, -0.05) is 67.6 Å². The van der Waals surface area contributed by atoms with Gasteiger partial charge in [-0.25, -0.2) is 0 Å². The van der Waals surface area contributed by atoms with Gasteiger partial charge in [-0.15, -0.1) is 0 Å². The Bertz CT molecular complexity index is 489. The highest BCUT2D eigenvalue weighted by atomic mass is 28.4. The molecule has 0 spiro atoms. The van der Waals surface area contributed by atoms with Gasteiger partial charge < -0.3 is 4.43 Å². The van der Waals surface area contributed by atoms with Gasteiger partial charge in [0.2, 0.25) is 0 Å². The Morgan fingerprint density at radius 1 is 0.800 bits per heavy atom. The van der Waals surface area contributed by atoms with Crippen LogP contribution in [0.4, 0.5) is 0 Å². The minimum atomic E-state index is -1.68. The normalized spacial score (nSPS) is 12.4. The molecule has 0 saturated carbocycles. The molecule has 0 saturated heterocycles. The van der Waals surface area contributed by atoms with Crippen LogP contribution in [0.3, 0.4) is 0 Å². The van der Waals surface area contributed by atoms with Crippen molar-refractivity contribution < 1.29 is 4.43 Å². The van der Waals surface area contributed by atoms with Gasteiger partial charge in [-0.05, 0) is 37.2 Å². The zero-order valence-electron chi connectivity index (χ0n) is 12.9. The molecule has 2 aromatic carbocycles. The second-order valence-corrected chi connectivity index (χ2v) is 10.6. The largest absolute Gasteiger partial charge is 0.404 e. The van der Waals surface area contributed by atoms with Crippen molar-refractivity contribution in [2.75, 3.05) is 0 Å². The third-order valence-electron chi connectivity index (χ3n) is 3.46. The monoisotopic (exact) mass is 284 g/mol. The summed E-state index contributed by atoms with van der Waals surface area (Å²) < 4.78 is 6.69. The van der Waals surface area contributed by atoms with Gasteiger partial charge in [0.1, 0.15) is 5.60 Å². The highest BCUT2D eigenvalue weighted by molar-refractivity contribution is 6.69. The van der Waals surface area contributed by atoms with E-state index in [1.165, 1.54) is 11.1 Å². The predicted molar refractivity (Wildman–Crippen MR) is 88.4 cm³/mol. The fourth-order valence-corrected chi connectivity index (χ4v) is 4.13. The van der Waals surface area contributed by atoms with Crippen molar-refractivity contribution in [1.29, 1.82) is 0 Å². The molecular weight excluding hydrogens is 260 g/mol. The Kier molecular flexibility index (Phi) is 4.46. The molecule has 0 N–H and O–H groups in total. The van der Waals surface area contributed by atoms with Crippen molar-refractivity contribution in [2.45, 2.75) is 38.6 Å². The van der Waals surface area contributed by atoms with Crippen molar-refractivity contribution in [3.8, 4) is 0 Å². The van der Waals surface area contributed by atoms with Crippen LogP contribution in [0.25, 0.3) is 0 Å². The molecule has 0 heterocycles. The first-order valence-corrected chi connectivity index (χ1v) is 10.7. The third-order valence-corrected chi connectivity index (χ3v) is 4.42. The standard InChI is InChI=1S/C18H24OSi/c1-5-18(19-20(2,3)4,16-12-8-6-9-13-16)17-14-10-7-11-15-17/h6-15H,5H2,1-4H3. The summed E-state index contributed by atoms with van der Waals surface area (Å²) in [6, 6.07) is 21.2. The van der Waals surface area contributed by atoms with E-state index >= 15 is 0 Å². The molecule has 0 aliphatic rings. The zero-order chi connectivity index (χ0) is 14.6. The van der Waals surface area contributed by atoms with Crippen LogP contribution >= 0.6 is 0 Å². The summed E-state index contributed by atoms with van der Waals surface area (Å²) in [5.74, 6) is 0. The number of hydrogen-bond acceptors (Lipinski definition) is 1. The van der Waals surface area contributed by atoms with Crippen LogP contribution in [0.5, 0.6) is 0 Å². The molecule has 0 atom stereocenters. The lowest BCUT2D eigenvalue weighted by Gasteiger charge is -2.39. The maximum absolute atomic E-state index is 6.69. The maximum atomic E-state index is 6.69. The highest BCUT2D eigenvalue weighted by Gasteiger charge is 2.37. The molecule has 0 amide bonds. The van der Waals surface area contributed by atoms with E-state index in [0.717, 1.165) is 6.42 Å². The van der Waals surface area contributed by atoms with Crippen LogP contribution < -0.4 is 0 Å². The summed E-state index contributed by atoms with van der Waals surface area (Å²) in [4.78, 5) is 0. The lowest BCUT2D eigenvalue weighted by Crippen LogP contribution is -2.41. The van der Waals surface area contributed by atoms with Crippen molar-refractivity contribution in [3.05, 3.63) is 71.8 Å². The number of benzene rings is 2. The van der Waals surface area contributed by atoms with Crippen molar-refractivity contribution in [3.63, 3.8) is 0 Å². The van der Waals surface area contributed by atoms with E-state index in [9.17, 15) is 0 Å². The number of hydrogen-bond donors (Lipinski definition) is 0. The molecule has 0 aliphatic carbocycles. The van der Waals surface area contributed by atoms with E-state index in [1.807, 2.05) is 0 Å². The van der Waals surface area contributed by atoms with E-state index < -0.39 is 8.32 Å². The molecule has 2 aromatic rings. The molecule has 106 valence electrons. The zero-order valence-corrected chi connectivity index (χ0v) is 13.9. The predicted octanol–water partition coefficient (Wildman–Crippen LogP) is 5.19. The lowest BCUT2D eigenvalue weighted by molar-refractivity contribution is 0.0975. The molecule has 0 unspecified atom stereocenters. The lowest BCUT2D eigenvalue weighted by atomic mass is 9.84. The Morgan fingerprint density at radius 2 is 1.20 bits per heavy atom. The van der Waals surface area contributed by atoms with Gasteiger partial charge in [-0.3, -0.25) is 0 Å². The second kappa shape index (κ2) is 5.94. The molecule has 0 fully saturated rings. The second-order valence-electron chi connectivity index (χ2n) is 6.13. The van der Waals surface area contributed by atoms with Gasteiger partial charge in [0.15, 0.2) is 8.32 Å². The molecule has 1 nitrogen and oxygen atoms in total. The average molecular weight is 284 g/mol. The van der Waals surface area contributed by atoms with Crippen molar-refractivity contribution in [2.24, 2.45) is 0 Å². The first-order chi connectivity index (χ1) is 9.48. The van der Waals surface area contributed by atoms with Crippen molar-refractivity contribution in [1.82, 2.24) is 0 Å². The van der Waals surface area contributed by atoms with Crippen LogP contribution in [-0.4, -0.2) is 8.32 Å². The molecular formula is C18H24OSi. The van der Waals surface area contributed by atoms with Crippen molar-refractivity contribution >= 4 is 8.32 Å².